The molecule has 1 saturated heterocycles. The third-order valence-electron chi connectivity index (χ3n) is 3.41. The summed E-state index contributed by atoms with van der Waals surface area (Å²) in [6, 6.07) is 7.09. The van der Waals surface area contributed by atoms with E-state index in [0.717, 1.165) is 19.5 Å². The molecule has 1 fully saturated rings. The van der Waals surface area contributed by atoms with Gasteiger partial charge in [0, 0.05) is 0 Å². The molecule has 0 spiro atoms. The van der Waals surface area contributed by atoms with E-state index in [2.05, 4.69) is 15.3 Å². The molecule has 1 aromatic heterocycles. The van der Waals surface area contributed by atoms with Gasteiger partial charge in [0.25, 0.3) is 0 Å². The predicted octanol–water partition coefficient (Wildman–Crippen LogP) is 2.09. The van der Waals surface area contributed by atoms with Crippen LogP contribution in [0.4, 0.5) is 0 Å². The molecule has 0 radical (unpaired) electrons. The number of rotatable bonds is 3. The number of fused-ring (bicyclic) bond motifs is 1. The van der Waals surface area contributed by atoms with Crippen LogP contribution in [0.5, 0.6) is 0 Å². The van der Waals surface area contributed by atoms with Gasteiger partial charge in [-0.05, 0) is 37.6 Å². The maximum atomic E-state index is 12.4. The Labute approximate surface area is 134 Å². The minimum absolute atomic E-state index is 0. The topological polar surface area (TPSA) is 72.0 Å². The lowest BCUT2D eigenvalue weighted by Gasteiger charge is -2.10. The fourth-order valence-electron chi connectivity index (χ4n) is 2.41. The van der Waals surface area contributed by atoms with Crippen molar-refractivity contribution in [2.24, 2.45) is 5.92 Å². The average molecular weight is 348 g/mol. The lowest BCUT2D eigenvalue weighted by molar-refractivity contribution is 0.567. The highest BCUT2D eigenvalue weighted by Gasteiger charge is 2.27. The number of aromatic nitrogens is 2. The zero-order valence-electron chi connectivity index (χ0n) is 11.1. The maximum absolute atomic E-state index is 12.4. The van der Waals surface area contributed by atoms with Crippen molar-refractivity contribution in [1.82, 2.24) is 15.3 Å². The molecule has 21 heavy (non-hydrogen) atoms. The van der Waals surface area contributed by atoms with Crippen LogP contribution in [0.2, 0.25) is 5.15 Å². The number of nitrogens with one attached hydrogen (secondary N) is 1. The van der Waals surface area contributed by atoms with Gasteiger partial charge >= 0.3 is 0 Å². The molecule has 3 rings (SSSR count). The third kappa shape index (κ3) is 3.45. The van der Waals surface area contributed by atoms with Crippen LogP contribution < -0.4 is 5.32 Å². The van der Waals surface area contributed by atoms with E-state index in [-0.39, 0.29) is 34.3 Å². The van der Waals surface area contributed by atoms with Crippen LogP contribution in [-0.2, 0) is 9.84 Å². The van der Waals surface area contributed by atoms with E-state index in [1.165, 1.54) is 0 Å². The summed E-state index contributed by atoms with van der Waals surface area (Å²) in [4.78, 5) is 8.31. The minimum Gasteiger partial charge on any atom is -0.316 e. The van der Waals surface area contributed by atoms with Crippen LogP contribution in [0.1, 0.15) is 6.42 Å². The van der Waals surface area contributed by atoms with E-state index < -0.39 is 9.84 Å². The smallest absolute Gasteiger partial charge is 0.199 e. The highest BCUT2D eigenvalue weighted by Crippen LogP contribution is 2.24. The van der Waals surface area contributed by atoms with Gasteiger partial charge in [-0.25, -0.2) is 18.4 Å². The molecule has 2 heterocycles. The summed E-state index contributed by atoms with van der Waals surface area (Å²) in [6.45, 7) is 1.58. The monoisotopic (exact) mass is 347 g/mol. The van der Waals surface area contributed by atoms with Gasteiger partial charge in [0.1, 0.15) is 0 Å². The molecule has 5 nitrogen and oxygen atoms in total. The fraction of sp³-hybridized carbons (Fsp3) is 0.385. The number of para-hydroxylation sites is 2. The van der Waals surface area contributed by atoms with Crippen molar-refractivity contribution < 1.29 is 8.42 Å². The molecule has 1 aromatic carbocycles. The normalized spacial score (nSPS) is 18.6. The minimum atomic E-state index is -3.51. The van der Waals surface area contributed by atoms with Crippen molar-refractivity contribution in [1.29, 1.82) is 0 Å². The van der Waals surface area contributed by atoms with Crippen molar-refractivity contribution in [2.75, 3.05) is 18.8 Å². The molecule has 0 bridgehead atoms. The summed E-state index contributed by atoms with van der Waals surface area (Å²) in [5.74, 6) is 0.177. The van der Waals surface area contributed by atoms with Crippen molar-refractivity contribution in [3.05, 3.63) is 29.4 Å². The highest BCUT2D eigenvalue weighted by molar-refractivity contribution is 7.91. The number of hydrogen-bond acceptors (Lipinski definition) is 5. The second-order valence-corrected chi connectivity index (χ2v) is 7.26. The molecule has 1 aliphatic rings. The molecule has 2 aromatic rings. The molecule has 1 atom stereocenters. The number of halogens is 2. The highest BCUT2D eigenvalue weighted by atomic mass is 35.5. The Morgan fingerprint density at radius 2 is 1.90 bits per heavy atom. The van der Waals surface area contributed by atoms with Gasteiger partial charge in [0.15, 0.2) is 20.0 Å². The van der Waals surface area contributed by atoms with Gasteiger partial charge in [0.2, 0.25) is 0 Å². The van der Waals surface area contributed by atoms with Gasteiger partial charge in [-0.3, -0.25) is 0 Å². The molecule has 1 N–H and O–H groups in total. The van der Waals surface area contributed by atoms with Crippen LogP contribution in [0.15, 0.2) is 29.3 Å². The molecular weight excluding hydrogens is 333 g/mol. The SMILES string of the molecule is Cl.O=S(=O)(CC1CCNC1)c1nc2ccccc2nc1Cl. The summed E-state index contributed by atoms with van der Waals surface area (Å²) >= 11 is 6.00. The van der Waals surface area contributed by atoms with Crippen molar-refractivity contribution in [2.45, 2.75) is 11.4 Å². The van der Waals surface area contributed by atoms with E-state index in [1.807, 2.05) is 6.07 Å². The molecule has 0 aliphatic carbocycles. The second kappa shape index (κ2) is 6.44. The van der Waals surface area contributed by atoms with E-state index in [0.29, 0.717) is 11.0 Å². The second-order valence-electron chi connectivity index (χ2n) is 4.95. The summed E-state index contributed by atoms with van der Waals surface area (Å²) in [5, 5.41) is 3.00. The number of benzene rings is 1. The standard InChI is InChI=1S/C13H14ClN3O2S.ClH/c14-12-13(17-11-4-2-1-3-10(11)16-12)20(18,19)8-9-5-6-15-7-9;/h1-4,9,15H,5-8H2;1H. The van der Waals surface area contributed by atoms with Crippen LogP contribution in [0.3, 0.4) is 0 Å². The Kier molecular flexibility index (Phi) is 5.03. The summed E-state index contributed by atoms with van der Waals surface area (Å²) in [6.07, 6.45) is 0.859. The van der Waals surface area contributed by atoms with Gasteiger partial charge in [0.05, 0.1) is 16.8 Å². The lowest BCUT2D eigenvalue weighted by atomic mass is 10.2. The van der Waals surface area contributed by atoms with Gasteiger partial charge in [-0.1, -0.05) is 23.7 Å². The average Bonchev–Trinajstić information content (AvgIpc) is 2.90. The third-order valence-corrected chi connectivity index (χ3v) is 5.57. The molecule has 0 amide bonds. The molecule has 114 valence electrons. The molecular formula is C13H15Cl2N3O2S. The van der Waals surface area contributed by atoms with E-state index in [1.54, 1.807) is 18.2 Å². The Morgan fingerprint density at radius 3 is 2.52 bits per heavy atom. The quantitative estimate of drug-likeness (QED) is 0.920. The van der Waals surface area contributed by atoms with Crippen molar-refractivity contribution in [3.63, 3.8) is 0 Å². The predicted molar refractivity (Wildman–Crippen MR) is 84.8 cm³/mol. The zero-order chi connectivity index (χ0) is 14.2. The first kappa shape index (κ1) is 16.4. The number of nitrogens with zero attached hydrogens (tertiary/aromatic N) is 2. The first-order valence-electron chi connectivity index (χ1n) is 6.42. The van der Waals surface area contributed by atoms with Gasteiger partial charge in [-0.2, -0.15) is 0 Å². The molecule has 0 saturated carbocycles. The lowest BCUT2D eigenvalue weighted by Crippen LogP contribution is -2.20. The maximum Gasteiger partial charge on any atom is 0.199 e. The summed E-state index contributed by atoms with van der Waals surface area (Å²) in [5.41, 5.74) is 1.14. The Bertz CT molecular complexity index is 746. The van der Waals surface area contributed by atoms with Gasteiger partial charge < -0.3 is 5.32 Å². The Balaban J connectivity index is 0.00000161. The molecule has 1 aliphatic heterocycles. The number of hydrogen-bond donors (Lipinski definition) is 1. The molecule has 1 unspecified atom stereocenters. The fourth-order valence-corrected chi connectivity index (χ4v) is 4.49. The van der Waals surface area contributed by atoms with Crippen LogP contribution in [0, 0.1) is 5.92 Å². The van der Waals surface area contributed by atoms with Crippen molar-refractivity contribution >= 4 is 44.9 Å². The first-order chi connectivity index (χ1) is 9.56. The first-order valence-corrected chi connectivity index (χ1v) is 8.45. The zero-order valence-corrected chi connectivity index (χ0v) is 13.5. The number of sulfone groups is 1. The Hall–Kier alpha value is -0.950. The summed E-state index contributed by atoms with van der Waals surface area (Å²) < 4.78 is 24.9. The van der Waals surface area contributed by atoms with Crippen molar-refractivity contribution in [3.8, 4) is 0 Å². The Morgan fingerprint density at radius 1 is 1.24 bits per heavy atom. The van der Waals surface area contributed by atoms with Gasteiger partial charge in [-0.15, -0.1) is 12.4 Å². The van der Waals surface area contributed by atoms with E-state index in [4.69, 9.17) is 11.6 Å². The van der Waals surface area contributed by atoms with E-state index in [9.17, 15) is 8.42 Å². The molecule has 8 heteroatoms. The van der Waals surface area contributed by atoms with Crippen LogP contribution in [0.25, 0.3) is 11.0 Å². The van der Waals surface area contributed by atoms with Crippen LogP contribution >= 0.6 is 24.0 Å². The van der Waals surface area contributed by atoms with E-state index >= 15 is 0 Å². The van der Waals surface area contributed by atoms with Crippen LogP contribution in [-0.4, -0.2) is 37.2 Å². The summed E-state index contributed by atoms with van der Waals surface area (Å²) in [7, 11) is -3.51. The largest absolute Gasteiger partial charge is 0.316 e.